The number of benzene rings is 4. The monoisotopic (exact) mass is 604 g/mol. The fourth-order valence-electron chi connectivity index (χ4n) is 5.47. The van der Waals surface area contributed by atoms with E-state index in [1.165, 1.54) is 11.3 Å². The molecule has 1 aliphatic heterocycles. The van der Waals surface area contributed by atoms with Gasteiger partial charge in [0.25, 0.3) is 5.56 Å². The van der Waals surface area contributed by atoms with E-state index in [1.54, 1.807) is 18.4 Å². The van der Waals surface area contributed by atoms with Crippen LogP contribution in [-0.4, -0.2) is 23.8 Å². The molecular formula is C36H32N2O5S. The fourth-order valence-corrected chi connectivity index (χ4v) is 6.52. The number of ether oxygens (including phenoxy) is 3. The summed E-state index contributed by atoms with van der Waals surface area (Å²) in [6, 6.07) is 28.9. The maximum atomic E-state index is 13.9. The molecule has 222 valence electrons. The summed E-state index contributed by atoms with van der Waals surface area (Å²) in [5.74, 6) is 0.742. The Labute approximate surface area is 259 Å². The van der Waals surface area contributed by atoms with Gasteiger partial charge in [-0.05, 0) is 66.4 Å². The zero-order valence-electron chi connectivity index (χ0n) is 24.8. The number of carbonyl (C=O) groups excluding carboxylic acids is 1. The smallest absolute Gasteiger partial charge is 0.338 e. The van der Waals surface area contributed by atoms with Crippen molar-refractivity contribution in [3.05, 3.63) is 139 Å². The highest BCUT2D eigenvalue weighted by molar-refractivity contribution is 7.07. The number of aromatic nitrogens is 1. The van der Waals surface area contributed by atoms with Gasteiger partial charge in [-0.3, -0.25) is 9.36 Å². The summed E-state index contributed by atoms with van der Waals surface area (Å²) in [5.41, 5.74) is 3.35. The van der Waals surface area contributed by atoms with Gasteiger partial charge in [0.2, 0.25) is 0 Å². The Morgan fingerprint density at radius 2 is 1.68 bits per heavy atom. The SMILES string of the molecule is CCOC(=O)C1=C(C)N=c2s/c(=C/c3ccc(OCc4cccc5ccccc45)c(OCC)c3)c(=O)n2[C@@H]1c1ccccc1. The van der Waals surface area contributed by atoms with E-state index in [4.69, 9.17) is 14.2 Å². The summed E-state index contributed by atoms with van der Waals surface area (Å²) in [5, 5.41) is 2.31. The van der Waals surface area contributed by atoms with Gasteiger partial charge >= 0.3 is 5.97 Å². The maximum Gasteiger partial charge on any atom is 0.338 e. The molecule has 0 fully saturated rings. The van der Waals surface area contributed by atoms with Crippen LogP contribution in [0.2, 0.25) is 0 Å². The Morgan fingerprint density at radius 1 is 0.909 bits per heavy atom. The van der Waals surface area contributed by atoms with Crippen LogP contribution in [0.1, 0.15) is 43.5 Å². The van der Waals surface area contributed by atoms with Crippen LogP contribution in [0, 0.1) is 0 Å². The van der Waals surface area contributed by atoms with E-state index < -0.39 is 12.0 Å². The number of thiazole rings is 1. The second kappa shape index (κ2) is 12.7. The highest BCUT2D eigenvalue weighted by Crippen LogP contribution is 2.32. The van der Waals surface area contributed by atoms with Crippen molar-refractivity contribution in [2.24, 2.45) is 4.99 Å². The van der Waals surface area contributed by atoms with Crippen LogP contribution in [0.15, 0.2) is 112 Å². The number of rotatable bonds is 9. The molecule has 0 unspecified atom stereocenters. The number of esters is 1. The van der Waals surface area contributed by atoms with Crippen LogP contribution >= 0.6 is 11.3 Å². The summed E-state index contributed by atoms with van der Waals surface area (Å²) >= 11 is 1.29. The predicted octanol–water partition coefficient (Wildman–Crippen LogP) is 5.93. The van der Waals surface area contributed by atoms with Gasteiger partial charge in [0.1, 0.15) is 6.61 Å². The molecule has 5 aromatic rings. The Hall–Kier alpha value is -4.95. The number of allylic oxidation sites excluding steroid dienone is 1. The van der Waals surface area contributed by atoms with Crippen molar-refractivity contribution in [3.63, 3.8) is 0 Å². The van der Waals surface area contributed by atoms with Gasteiger partial charge in [0, 0.05) is 0 Å². The zero-order chi connectivity index (χ0) is 30.6. The minimum absolute atomic E-state index is 0.228. The summed E-state index contributed by atoms with van der Waals surface area (Å²) in [6.07, 6.45) is 1.83. The first kappa shape index (κ1) is 29.1. The van der Waals surface area contributed by atoms with Crippen LogP contribution in [0.4, 0.5) is 0 Å². The highest BCUT2D eigenvalue weighted by atomic mass is 32.1. The van der Waals surface area contributed by atoms with E-state index in [1.807, 2.05) is 79.7 Å². The number of nitrogens with zero attached hydrogens (tertiary/aromatic N) is 2. The summed E-state index contributed by atoms with van der Waals surface area (Å²) < 4.78 is 19.7. The van der Waals surface area contributed by atoms with Crippen molar-refractivity contribution in [2.75, 3.05) is 13.2 Å². The zero-order valence-corrected chi connectivity index (χ0v) is 25.6. The number of fused-ring (bicyclic) bond motifs is 2. The topological polar surface area (TPSA) is 79.1 Å². The molecule has 0 saturated heterocycles. The molecule has 44 heavy (non-hydrogen) atoms. The third-order valence-electron chi connectivity index (χ3n) is 7.46. The van der Waals surface area contributed by atoms with E-state index in [-0.39, 0.29) is 12.2 Å². The molecule has 1 atom stereocenters. The summed E-state index contributed by atoms with van der Waals surface area (Å²) in [6.45, 7) is 6.55. The van der Waals surface area contributed by atoms with Crippen LogP contribution < -0.4 is 24.4 Å². The molecule has 1 aromatic heterocycles. The Morgan fingerprint density at radius 3 is 2.48 bits per heavy atom. The van der Waals surface area contributed by atoms with Crippen LogP contribution in [0.25, 0.3) is 16.8 Å². The minimum atomic E-state index is -0.641. The minimum Gasteiger partial charge on any atom is -0.490 e. The van der Waals surface area contributed by atoms with Gasteiger partial charge in [-0.2, -0.15) is 0 Å². The number of hydrogen-bond acceptors (Lipinski definition) is 7. The van der Waals surface area contributed by atoms with Gasteiger partial charge < -0.3 is 14.2 Å². The van der Waals surface area contributed by atoms with Gasteiger partial charge in [0.15, 0.2) is 16.3 Å². The van der Waals surface area contributed by atoms with Crippen molar-refractivity contribution >= 4 is 34.2 Å². The normalized spacial score (nSPS) is 14.7. The lowest BCUT2D eigenvalue weighted by Gasteiger charge is -2.24. The van der Waals surface area contributed by atoms with Gasteiger partial charge in [-0.25, -0.2) is 9.79 Å². The molecule has 0 radical (unpaired) electrons. The molecule has 7 nitrogen and oxygen atoms in total. The Bertz CT molecular complexity index is 2050. The second-order valence-electron chi connectivity index (χ2n) is 10.3. The van der Waals surface area contributed by atoms with Crippen molar-refractivity contribution in [1.29, 1.82) is 0 Å². The van der Waals surface area contributed by atoms with Crippen LogP contribution in [0.5, 0.6) is 11.5 Å². The molecule has 8 heteroatoms. The molecule has 1 aliphatic rings. The third-order valence-corrected chi connectivity index (χ3v) is 8.44. The Balaban J connectivity index is 1.37. The quantitative estimate of drug-likeness (QED) is 0.195. The molecule has 2 heterocycles. The van der Waals surface area contributed by atoms with Crippen molar-refractivity contribution in [2.45, 2.75) is 33.4 Å². The van der Waals surface area contributed by atoms with Crippen molar-refractivity contribution < 1.29 is 19.0 Å². The van der Waals surface area contributed by atoms with Crippen LogP contribution in [0.3, 0.4) is 0 Å². The molecule has 6 rings (SSSR count). The van der Waals surface area contributed by atoms with Gasteiger partial charge in [0.05, 0.1) is 35.1 Å². The summed E-state index contributed by atoms with van der Waals surface area (Å²) in [7, 11) is 0. The lowest BCUT2D eigenvalue weighted by Crippen LogP contribution is -2.39. The van der Waals surface area contributed by atoms with E-state index in [0.29, 0.717) is 45.3 Å². The predicted molar refractivity (Wildman–Crippen MR) is 173 cm³/mol. The molecule has 0 amide bonds. The molecule has 0 N–H and O–H groups in total. The largest absolute Gasteiger partial charge is 0.490 e. The molecule has 0 bridgehead atoms. The van der Waals surface area contributed by atoms with Crippen LogP contribution in [-0.2, 0) is 16.1 Å². The average molecular weight is 605 g/mol. The van der Waals surface area contributed by atoms with E-state index in [9.17, 15) is 9.59 Å². The molecule has 0 saturated carbocycles. The first-order valence-corrected chi connectivity index (χ1v) is 15.4. The number of carbonyl (C=O) groups is 1. The number of hydrogen-bond donors (Lipinski definition) is 0. The Kier molecular flexibility index (Phi) is 8.43. The first-order valence-electron chi connectivity index (χ1n) is 14.6. The van der Waals surface area contributed by atoms with Crippen molar-refractivity contribution in [3.8, 4) is 11.5 Å². The lowest BCUT2D eigenvalue weighted by atomic mass is 9.96. The molecule has 0 aliphatic carbocycles. The molecular weight excluding hydrogens is 572 g/mol. The fraction of sp³-hybridized carbons (Fsp3) is 0.194. The second-order valence-corrected chi connectivity index (χ2v) is 11.3. The van der Waals surface area contributed by atoms with Crippen molar-refractivity contribution in [1.82, 2.24) is 4.57 Å². The standard InChI is InChI=1S/C36H32N2O5S/c1-4-41-30-20-24(18-19-29(30)43-22-27-16-11-15-25-12-9-10-17-28(25)27)21-31-34(39)38-33(26-13-7-6-8-14-26)32(35(40)42-5-2)23(3)37-36(38)44-31/h6-21,33H,4-5,22H2,1-3H3/b31-21+/t33-/m1/s1. The van der Waals surface area contributed by atoms with E-state index >= 15 is 0 Å². The average Bonchev–Trinajstić information content (AvgIpc) is 3.34. The van der Waals surface area contributed by atoms with Gasteiger partial charge in [-0.15, -0.1) is 0 Å². The first-order chi connectivity index (χ1) is 21.5. The molecule has 0 spiro atoms. The molecule has 4 aromatic carbocycles. The third kappa shape index (κ3) is 5.68. The van der Waals surface area contributed by atoms with E-state index in [2.05, 4.69) is 29.3 Å². The van der Waals surface area contributed by atoms with E-state index in [0.717, 1.165) is 27.5 Å². The summed E-state index contributed by atoms with van der Waals surface area (Å²) in [4.78, 5) is 32.2. The maximum absolute atomic E-state index is 13.9. The lowest BCUT2D eigenvalue weighted by molar-refractivity contribution is -0.139. The van der Waals surface area contributed by atoms with Gasteiger partial charge in [-0.1, -0.05) is 90.2 Å². The highest BCUT2D eigenvalue weighted by Gasteiger charge is 2.33.